The molecule has 1 N–H and O–H groups in total. The lowest BCUT2D eigenvalue weighted by Crippen LogP contribution is -2.40. The summed E-state index contributed by atoms with van der Waals surface area (Å²) in [4.78, 5) is 13.7. The van der Waals surface area contributed by atoms with Gasteiger partial charge in [0.2, 0.25) is 0 Å². The molecule has 1 aromatic rings. The van der Waals surface area contributed by atoms with E-state index >= 15 is 0 Å². The van der Waals surface area contributed by atoms with Crippen molar-refractivity contribution in [2.45, 2.75) is 52.9 Å². The van der Waals surface area contributed by atoms with E-state index in [9.17, 15) is 9.90 Å². The third kappa shape index (κ3) is 5.61. The summed E-state index contributed by atoms with van der Waals surface area (Å²) in [6.07, 6.45) is -0.992. The summed E-state index contributed by atoms with van der Waals surface area (Å²) in [5.74, 6) is 0. The molecule has 0 bridgehead atoms. The van der Waals surface area contributed by atoms with Crippen LogP contribution in [0.4, 0.5) is 4.79 Å². The number of ether oxygens (including phenoxy) is 1. The van der Waals surface area contributed by atoms with Gasteiger partial charge in [0.25, 0.3) is 0 Å². The van der Waals surface area contributed by atoms with Crippen molar-refractivity contribution < 1.29 is 14.6 Å². The van der Waals surface area contributed by atoms with Crippen LogP contribution in [0.25, 0.3) is 0 Å². The Balaban J connectivity index is 2.84. The molecule has 4 nitrogen and oxygen atoms in total. The molecule has 0 aromatic heterocycles. The number of amides is 1. The van der Waals surface area contributed by atoms with Gasteiger partial charge in [-0.25, -0.2) is 4.79 Å². The van der Waals surface area contributed by atoms with Crippen LogP contribution in [0.2, 0.25) is 0 Å². The fourth-order valence-electron chi connectivity index (χ4n) is 1.84. The fraction of sp³-hybridized carbons (Fsp3) is 0.562. The first-order valence-corrected chi connectivity index (χ1v) is 6.89. The highest BCUT2D eigenvalue weighted by Gasteiger charge is 2.23. The molecule has 0 radical (unpaired) electrons. The summed E-state index contributed by atoms with van der Waals surface area (Å²) in [6, 6.07) is 7.89. The van der Waals surface area contributed by atoms with E-state index in [-0.39, 0.29) is 6.54 Å². The largest absolute Gasteiger partial charge is 0.444 e. The molecule has 1 unspecified atom stereocenters. The summed E-state index contributed by atoms with van der Waals surface area (Å²) in [6.45, 7) is 9.85. The third-order valence-electron chi connectivity index (χ3n) is 2.76. The molecule has 0 saturated heterocycles. The first-order valence-electron chi connectivity index (χ1n) is 6.89. The zero-order valence-electron chi connectivity index (χ0n) is 13.0. The zero-order chi connectivity index (χ0) is 15.3. The first-order chi connectivity index (χ1) is 9.19. The second kappa shape index (κ2) is 6.75. The predicted molar refractivity (Wildman–Crippen MR) is 79.5 cm³/mol. The summed E-state index contributed by atoms with van der Waals surface area (Å²) in [5.41, 5.74) is 1.63. The molecular formula is C16H25NO3. The smallest absolute Gasteiger partial charge is 0.410 e. The van der Waals surface area contributed by atoms with Crippen LogP contribution in [0.1, 0.15) is 38.8 Å². The average molecular weight is 279 g/mol. The Morgan fingerprint density at radius 3 is 2.45 bits per heavy atom. The van der Waals surface area contributed by atoms with Gasteiger partial charge >= 0.3 is 6.09 Å². The van der Waals surface area contributed by atoms with E-state index in [0.717, 1.165) is 11.1 Å². The van der Waals surface area contributed by atoms with Gasteiger partial charge < -0.3 is 14.7 Å². The molecular weight excluding hydrogens is 254 g/mol. The Labute approximate surface area is 121 Å². The van der Waals surface area contributed by atoms with Crippen LogP contribution >= 0.6 is 0 Å². The summed E-state index contributed by atoms with van der Waals surface area (Å²) in [7, 11) is 0. The van der Waals surface area contributed by atoms with E-state index < -0.39 is 17.8 Å². The summed E-state index contributed by atoms with van der Waals surface area (Å²) >= 11 is 0. The number of hydrogen-bond donors (Lipinski definition) is 1. The molecule has 112 valence electrons. The quantitative estimate of drug-likeness (QED) is 0.921. The molecule has 0 fully saturated rings. The summed E-state index contributed by atoms with van der Waals surface area (Å²) in [5, 5.41) is 9.57. The maximum Gasteiger partial charge on any atom is 0.410 e. The number of aliphatic hydroxyl groups excluding tert-OH is 1. The number of nitrogens with zero attached hydrogens (tertiary/aromatic N) is 1. The highest BCUT2D eigenvalue weighted by atomic mass is 16.6. The number of hydrogen-bond acceptors (Lipinski definition) is 3. The Morgan fingerprint density at radius 1 is 1.35 bits per heavy atom. The normalized spacial score (nSPS) is 12.9. The monoisotopic (exact) mass is 279 g/mol. The minimum Gasteiger partial charge on any atom is -0.444 e. The average Bonchev–Trinajstić information content (AvgIpc) is 2.28. The lowest BCUT2D eigenvalue weighted by Gasteiger charge is -2.28. The van der Waals surface area contributed by atoms with Crippen LogP contribution in [-0.4, -0.2) is 34.3 Å². The second-order valence-electron chi connectivity index (χ2n) is 6.14. The molecule has 0 heterocycles. The number of carbonyl (C=O) groups excluding carboxylic acids is 1. The van der Waals surface area contributed by atoms with Crippen molar-refractivity contribution in [3.8, 4) is 0 Å². The minimum absolute atomic E-state index is 0.253. The van der Waals surface area contributed by atoms with E-state index in [1.165, 1.54) is 4.90 Å². The fourth-order valence-corrected chi connectivity index (χ4v) is 1.84. The lowest BCUT2D eigenvalue weighted by molar-refractivity contribution is 0.0142. The van der Waals surface area contributed by atoms with Crippen molar-refractivity contribution in [2.75, 3.05) is 6.54 Å². The zero-order valence-corrected chi connectivity index (χ0v) is 13.0. The molecule has 0 aliphatic carbocycles. The van der Waals surface area contributed by atoms with E-state index in [4.69, 9.17) is 4.74 Å². The summed E-state index contributed by atoms with van der Waals surface area (Å²) < 4.78 is 5.39. The highest BCUT2D eigenvalue weighted by Crippen LogP contribution is 2.15. The van der Waals surface area contributed by atoms with Gasteiger partial charge in [0, 0.05) is 6.54 Å². The lowest BCUT2D eigenvalue weighted by atomic mass is 10.1. The molecule has 0 spiro atoms. The standard InChI is InChI=1S/C16H25NO3/c1-12-8-6-7-9-14(12)11-17(10-13(2)18)15(19)20-16(3,4)5/h6-9,13,18H,10-11H2,1-5H3. The topological polar surface area (TPSA) is 49.8 Å². The van der Waals surface area contributed by atoms with E-state index in [2.05, 4.69) is 0 Å². The van der Waals surface area contributed by atoms with Gasteiger partial charge in [0.1, 0.15) is 5.60 Å². The van der Waals surface area contributed by atoms with Gasteiger partial charge in [0.15, 0.2) is 0 Å². The van der Waals surface area contributed by atoms with Crippen molar-refractivity contribution in [1.29, 1.82) is 0 Å². The van der Waals surface area contributed by atoms with Gasteiger partial charge in [-0.15, -0.1) is 0 Å². The molecule has 20 heavy (non-hydrogen) atoms. The Hall–Kier alpha value is -1.55. The van der Waals surface area contributed by atoms with Gasteiger partial charge in [-0.2, -0.15) is 0 Å². The van der Waals surface area contributed by atoms with Crippen LogP contribution in [0, 0.1) is 6.92 Å². The number of rotatable bonds is 4. The molecule has 0 aliphatic heterocycles. The SMILES string of the molecule is Cc1ccccc1CN(CC(C)O)C(=O)OC(C)(C)C. The number of aryl methyl sites for hydroxylation is 1. The number of carbonyl (C=O) groups is 1. The van der Waals surface area contributed by atoms with Crippen molar-refractivity contribution >= 4 is 6.09 Å². The Kier molecular flexibility index (Phi) is 5.57. The van der Waals surface area contributed by atoms with Crippen LogP contribution in [0.3, 0.4) is 0 Å². The highest BCUT2D eigenvalue weighted by molar-refractivity contribution is 5.68. The number of benzene rings is 1. The molecule has 1 aromatic carbocycles. The molecule has 1 atom stereocenters. The van der Waals surface area contributed by atoms with Crippen molar-refractivity contribution in [3.63, 3.8) is 0 Å². The van der Waals surface area contributed by atoms with E-state index in [1.54, 1.807) is 6.92 Å². The Morgan fingerprint density at radius 2 is 1.95 bits per heavy atom. The second-order valence-corrected chi connectivity index (χ2v) is 6.14. The van der Waals surface area contributed by atoms with Gasteiger partial charge in [-0.3, -0.25) is 0 Å². The maximum atomic E-state index is 12.2. The number of aliphatic hydroxyl groups is 1. The van der Waals surface area contributed by atoms with Gasteiger partial charge in [-0.05, 0) is 45.7 Å². The molecule has 1 rings (SSSR count). The molecule has 0 aliphatic rings. The first kappa shape index (κ1) is 16.5. The van der Waals surface area contributed by atoms with Crippen LogP contribution in [0.5, 0.6) is 0 Å². The molecule has 1 amide bonds. The van der Waals surface area contributed by atoms with E-state index in [1.807, 2.05) is 52.0 Å². The van der Waals surface area contributed by atoms with Gasteiger partial charge in [-0.1, -0.05) is 24.3 Å². The predicted octanol–water partition coefficient (Wildman–Crippen LogP) is 3.11. The van der Waals surface area contributed by atoms with Crippen LogP contribution < -0.4 is 0 Å². The molecule has 0 saturated carbocycles. The van der Waals surface area contributed by atoms with Crippen molar-refractivity contribution in [3.05, 3.63) is 35.4 Å². The van der Waals surface area contributed by atoms with Gasteiger partial charge in [0.05, 0.1) is 12.6 Å². The van der Waals surface area contributed by atoms with Crippen LogP contribution in [0.15, 0.2) is 24.3 Å². The van der Waals surface area contributed by atoms with Crippen molar-refractivity contribution in [2.24, 2.45) is 0 Å². The maximum absolute atomic E-state index is 12.2. The third-order valence-corrected chi connectivity index (χ3v) is 2.76. The Bertz CT molecular complexity index is 449. The van der Waals surface area contributed by atoms with E-state index in [0.29, 0.717) is 6.54 Å². The minimum atomic E-state index is -0.591. The molecule has 4 heteroatoms. The van der Waals surface area contributed by atoms with Crippen molar-refractivity contribution in [1.82, 2.24) is 4.90 Å². The van der Waals surface area contributed by atoms with Crippen LogP contribution in [-0.2, 0) is 11.3 Å².